The van der Waals surface area contributed by atoms with Crippen LogP contribution in [0.3, 0.4) is 0 Å². The van der Waals surface area contributed by atoms with Gasteiger partial charge in [0.25, 0.3) is 0 Å². The number of nitrogens with one attached hydrogen (secondary N) is 1. The summed E-state index contributed by atoms with van der Waals surface area (Å²) in [6, 6.07) is 9.95. The molecule has 0 aromatic heterocycles. The van der Waals surface area contributed by atoms with E-state index >= 15 is 0 Å². The Labute approximate surface area is 131 Å². The molecule has 21 heavy (non-hydrogen) atoms. The van der Waals surface area contributed by atoms with Gasteiger partial charge in [0.05, 0.1) is 0 Å². The quantitative estimate of drug-likeness (QED) is 0.523. The van der Waals surface area contributed by atoms with Gasteiger partial charge in [-0.2, -0.15) is 0 Å². The maximum atomic E-state index is 3.69. The molecular formula is C20H33N. The lowest BCUT2D eigenvalue weighted by Crippen LogP contribution is -2.21. The second-order valence-electron chi connectivity index (χ2n) is 6.61. The van der Waals surface area contributed by atoms with E-state index in [1.807, 2.05) is 0 Å². The summed E-state index contributed by atoms with van der Waals surface area (Å²) in [4.78, 5) is 0. The number of rotatable bonds is 10. The van der Waals surface area contributed by atoms with E-state index in [1.165, 1.54) is 63.4 Å². The average molecular weight is 287 g/mol. The number of hydrogen-bond donors (Lipinski definition) is 1. The lowest BCUT2D eigenvalue weighted by molar-refractivity contribution is 0.418. The van der Waals surface area contributed by atoms with E-state index < -0.39 is 0 Å². The first-order valence-electron chi connectivity index (χ1n) is 9.18. The smallest absolute Gasteiger partial charge is 0.0320 e. The molecule has 0 bridgehead atoms. The van der Waals surface area contributed by atoms with E-state index in [-0.39, 0.29) is 0 Å². The molecule has 0 radical (unpaired) electrons. The van der Waals surface area contributed by atoms with Gasteiger partial charge in [0, 0.05) is 6.04 Å². The third-order valence-corrected chi connectivity index (χ3v) is 4.94. The Balaban J connectivity index is 1.90. The maximum Gasteiger partial charge on any atom is 0.0320 e. The van der Waals surface area contributed by atoms with Gasteiger partial charge in [-0.3, -0.25) is 0 Å². The van der Waals surface area contributed by atoms with Crippen LogP contribution in [0.25, 0.3) is 0 Å². The van der Waals surface area contributed by atoms with Crippen LogP contribution in [0.1, 0.15) is 94.7 Å². The summed E-state index contributed by atoms with van der Waals surface area (Å²) < 4.78 is 0. The zero-order chi connectivity index (χ0) is 14.9. The molecule has 2 rings (SSSR count). The van der Waals surface area contributed by atoms with Crippen molar-refractivity contribution in [2.75, 3.05) is 6.54 Å². The Kier molecular flexibility index (Phi) is 7.29. The van der Waals surface area contributed by atoms with E-state index in [4.69, 9.17) is 0 Å². The normalized spacial score (nSPS) is 16.7. The van der Waals surface area contributed by atoms with Crippen LogP contribution in [-0.4, -0.2) is 6.54 Å². The van der Waals surface area contributed by atoms with Gasteiger partial charge in [-0.15, -0.1) is 0 Å². The van der Waals surface area contributed by atoms with Crippen molar-refractivity contribution in [2.45, 2.75) is 83.6 Å². The van der Waals surface area contributed by atoms with Gasteiger partial charge < -0.3 is 5.32 Å². The molecule has 0 saturated heterocycles. The first kappa shape index (κ1) is 16.5. The average Bonchev–Trinajstić information content (AvgIpc) is 2.44. The third kappa shape index (κ3) is 5.14. The van der Waals surface area contributed by atoms with E-state index in [1.54, 1.807) is 5.56 Å². The molecule has 1 aromatic carbocycles. The van der Waals surface area contributed by atoms with Crippen molar-refractivity contribution in [3.8, 4) is 0 Å². The van der Waals surface area contributed by atoms with Gasteiger partial charge in [-0.05, 0) is 42.9 Å². The molecule has 118 valence electrons. The van der Waals surface area contributed by atoms with Gasteiger partial charge >= 0.3 is 0 Å². The summed E-state index contributed by atoms with van der Waals surface area (Å²) >= 11 is 0. The zero-order valence-corrected chi connectivity index (χ0v) is 14.0. The molecule has 1 saturated carbocycles. The van der Waals surface area contributed by atoms with Crippen LogP contribution in [-0.2, 0) is 0 Å². The number of hydrogen-bond acceptors (Lipinski definition) is 1. The molecule has 1 nitrogen and oxygen atoms in total. The lowest BCUT2D eigenvalue weighted by atomic mass is 9.79. The van der Waals surface area contributed by atoms with Crippen LogP contribution in [0.5, 0.6) is 0 Å². The van der Waals surface area contributed by atoms with Gasteiger partial charge in [0.15, 0.2) is 0 Å². The molecule has 1 heteroatoms. The highest BCUT2D eigenvalue weighted by molar-refractivity contribution is 5.29. The van der Waals surface area contributed by atoms with Crippen LogP contribution in [0.15, 0.2) is 24.3 Å². The largest absolute Gasteiger partial charge is 0.310 e. The Morgan fingerprint density at radius 1 is 1.10 bits per heavy atom. The van der Waals surface area contributed by atoms with Crippen LogP contribution in [0.4, 0.5) is 0 Å². The Morgan fingerprint density at radius 2 is 1.90 bits per heavy atom. The van der Waals surface area contributed by atoms with Crippen LogP contribution < -0.4 is 5.32 Å². The number of benzene rings is 1. The van der Waals surface area contributed by atoms with E-state index in [0.717, 1.165) is 12.5 Å². The van der Waals surface area contributed by atoms with Crippen molar-refractivity contribution in [1.29, 1.82) is 0 Å². The molecule has 1 aliphatic rings. The fraction of sp³-hybridized carbons (Fsp3) is 0.700. The summed E-state index contributed by atoms with van der Waals surface area (Å²) in [5.41, 5.74) is 3.09. The van der Waals surface area contributed by atoms with Crippen molar-refractivity contribution in [3.05, 3.63) is 35.4 Å². The molecule has 1 aliphatic carbocycles. The maximum absolute atomic E-state index is 3.69. The van der Waals surface area contributed by atoms with Crippen molar-refractivity contribution in [3.63, 3.8) is 0 Å². The van der Waals surface area contributed by atoms with Crippen LogP contribution in [0, 0.1) is 0 Å². The van der Waals surface area contributed by atoms with E-state index in [2.05, 4.69) is 43.4 Å². The summed E-state index contributed by atoms with van der Waals surface area (Å²) in [6.07, 6.45) is 12.4. The SMILES string of the molecule is CCCCCCCC(NCC)c1cccc(C2CCC2)c1. The minimum atomic E-state index is 0.552. The summed E-state index contributed by atoms with van der Waals surface area (Å²) in [5.74, 6) is 0.844. The van der Waals surface area contributed by atoms with Crippen molar-refractivity contribution < 1.29 is 0 Å². The molecule has 1 aromatic rings. The minimum absolute atomic E-state index is 0.552. The molecule has 1 atom stereocenters. The first-order valence-corrected chi connectivity index (χ1v) is 9.18. The topological polar surface area (TPSA) is 12.0 Å². The van der Waals surface area contributed by atoms with Gasteiger partial charge in [0.2, 0.25) is 0 Å². The van der Waals surface area contributed by atoms with Gasteiger partial charge in [-0.1, -0.05) is 76.6 Å². The molecule has 1 unspecified atom stereocenters. The molecule has 0 heterocycles. The molecular weight excluding hydrogens is 254 g/mol. The fourth-order valence-corrected chi connectivity index (χ4v) is 3.36. The minimum Gasteiger partial charge on any atom is -0.310 e. The standard InChI is InChI=1S/C20H33N/c1-3-5-6-7-8-15-20(21-4-2)19-14-10-13-18(16-19)17-11-9-12-17/h10,13-14,16-17,20-21H,3-9,11-12,15H2,1-2H3. The van der Waals surface area contributed by atoms with Crippen molar-refractivity contribution in [2.24, 2.45) is 0 Å². The summed E-state index contributed by atoms with van der Waals surface area (Å²) in [7, 11) is 0. The van der Waals surface area contributed by atoms with Crippen molar-refractivity contribution >= 4 is 0 Å². The molecule has 0 spiro atoms. The molecule has 1 N–H and O–H groups in total. The summed E-state index contributed by atoms with van der Waals surface area (Å²) in [6.45, 7) is 5.57. The Morgan fingerprint density at radius 3 is 2.57 bits per heavy atom. The third-order valence-electron chi connectivity index (χ3n) is 4.94. The Bertz CT molecular complexity index is 395. The highest BCUT2D eigenvalue weighted by Crippen LogP contribution is 2.37. The van der Waals surface area contributed by atoms with Crippen molar-refractivity contribution in [1.82, 2.24) is 5.32 Å². The second-order valence-corrected chi connectivity index (χ2v) is 6.61. The predicted octanol–water partition coefficient (Wildman–Crippen LogP) is 5.97. The molecule has 0 amide bonds. The zero-order valence-electron chi connectivity index (χ0n) is 14.0. The fourth-order valence-electron chi connectivity index (χ4n) is 3.36. The second kappa shape index (κ2) is 9.25. The van der Waals surface area contributed by atoms with Crippen LogP contribution in [0.2, 0.25) is 0 Å². The van der Waals surface area contributed by atoms with Gasteiger partial charge in [-0.25, -0.2) is 0 Å². The highest BCUT2D eigenvalue weighted by atomic mass is 14.9. The summed E-state index contributed by atoms with van der Waals surface area (Å²) in [5, 5.41) is 3.69. The number of unbranched alkanes of at least 4 members (excludes halogenated alkanes) is 4. The Hall–Kier alpha value is -0.820. The molecule has 1 fully saturated rings. The van der Waals surface area contributed by atoms with E-state index in [9.17, 15) is 0 Å². The lowest BCUT2D eigenvalue weighted by Gasteiger charge is -2.27. The van der Waals surface area contributed by atoms with Gasteiger partial charge in [0.1, 0.15) is 0 Å². The highest BCUT2D eigenvalue weighted by Gasteiger charge is 2.20. The predicted molar refractivity (Wildman–Crippen MR) is 92.8 cm³/mol. The van der Waals surface area contributed by atoms with E-state index in [0.29, 0.717) is 6.04 Å². The van der Waals surface area contributed by atoms with Crippen LogP contribution >= 0.6 is 0 Å². The molecule has 0 aliphatic heterocycles. The first-order chi connectivity index (χ1) is 10.3. The monoisotopic (exact) mass is 287 g/mol.